The molecule has 0 aromatic heterocycles. The van der Waals surface area contributed by atoms with E-state index in [1.807, 2.05) is 0 Å². The first kappa shape index (κ1) is 57.8. The standard InChI is InChI=1S/C36H61N13O16/c1-15(2)27(33(62)47-21(35(64)65)7-6-10-40-36(38)39)48-24(53)14-42-22(51)12-41-23(52)13-43-29(58)16(3)44-30(59)17(4)45-32(61)20(8-9-25(54)55)46-34(63)28(18(5)50)49-31(60)19(37)11-26(56)57/h15-21,27-28,50H,6-14,37H2,1-5H3,(H,41,52)(H,42,51)(H,43,58)(H,44,59)(H,45,61)(H,46,63)(H,47,62)(H,48,53)(H,49,60)(H,54,55)(H,56,57)(H,64,65)(H4,38,39,40)/t16-,17-,18+,19-,20-,21-,27-,28-/m0/s1. The molecule has 0 saturated carbocycles. The number of nitrogens with zero attached hydrogens (tertiary/aromatic N) is 1. The van der Waals surface area contributed by atoms with Crippen molar-refractivity contribution in [2.75, 3.05) is 26.2 Å². The smallest absolute Gasteiger partial charge is 0.326 e. The molecule has 29 heteroatoms. The quantitative estimate of drug-likeness (QED) is 0.0181. The molecule has 0 aliphatic rings. The number of guanidine groups is 1. The monoisotopic (exact) mass is 931 g/mol. The molecule has 0 bridgehead atoms. The molecule has 65 heavy (non-hydrogen) atoms. The Morgan fingerprint density at radius 1 is 0.538 bits per heavy atom. The highest BCUT2D eigenvalue weighted by atomic mass is 16.4. The number of carbonyl (C=O) groups excluding carboxylic acids is 9. The van der Waals surface area contributed by atoms with E-state index in [2.05, 4.69) is 52.8 Å². The summed E-state index contributed by atoms with van der Waals surface area (Å²) in [6, 6.07) is -10.2. The van der Waals surface area contributed by atoms with Crippen molar-refractivity contribution < 1.29 is 78.0 Å². The number of aliphatic hydroxyl groups is 1. The summed E-state index contributed by atoms with van der Waals surface area (Å²) in [6.45, 7) is 4.83. The third-order valence-electron chi connectivity index (χ3n) is 8.72. The van der Waals surface area contributed by atoms with Crippen molar-refractivity contribution in [3.8, 4) is 0 Å². The number of aliphatic hydroxyl groups excluding tert-OH is 1. The van der Waals surface area contributed by atoms with Gasteiger partial charge in [0.15, 0.2) is 5.96 Å². The SMILES string of the molecule is CC(C)[C@H](NC(=O)CNC(=O)CNC(=O)CNC(=O)[C@H](C)NC(=O)[C@H](C)NC(=O)[C@H](CCC(=O)O)NC(=O)[C@@H](NC(=O)[C@@H](N)CC(=O)O)[C@@H](C)O)C(=O)N[C@@H](CCCN=C(N)N)C(=O)O. The lowest BCUT2D eigenvalue weighted by Gasteiger charge is -2.26. The molecule has 366 valence electrons. The second-order valence-corrected chi connectivity index (χ2v) is 14.8. The molecule has 0 unspecified atom stereocenters. The van der Waals surface area contributed by atoms with E-state index >= 15 is 0 Å². The molecule has 0 saturated heterocycles. The summed E-state index contributed by atoms with van der Waals surface area (Å²) in [5, 5.41) is 57.7. The van der Waals surface area contributed by atoms with Crippen LogP contribution in [-0.4, -0.2) is 172 Å². The van der Waals surface area contributed by atoms with Crippen LogP contribution in [0.25, 0.3) is 0 Å². The average molecular weight is 932 g/mol. The Hall–Kier alpha value is -7.17. The zero-order chi connectivity index (χ0) is 50.1. The Kier molecular flexibility index (Phi) is 26.0. The fourth-order valence-electron chi connectivity index (χ4n) is 5.11. The van der Waals surface area contributed by atoms with Gasteiger partial charge in [-0.3, -0.25) is 57.7 Å². The van der Waals surface area contributed by atoms with Crippen LogP contribution in [-0.2, 0) is 57.5 Å². The summed E-state index contributed by atoms with van der Waals surface area (Å²) in [7, 11) is 0. The molecule has 8 atom stereocenters. The van der Waals surface area contributed by atoms with Crippen LogP contribution in [0.4, 0.5) is 0 Å². The Morgan fingerprint density at radius 3 is 1.55 bits per heavy atom. The van der Waals surface area contributed by atoms with Gasteiger partial charge in [0.25, 0.3) is 0 Å². The Labute approximate surface area is 371 Å². The maximum Gasteiger partial charge on any atom is 0.326 e. The summed E-state index contributed by atoms with van der Waals surface area (Å²) >= 11 is 0. The predicted molar refractivity (Wildman–Crippen MR) is 223 cm³/mol. The van der Waals surface area contributed by atoms with Crippen LogP contribution in [0.3, 0.4) is 0 Å². The molecule has 0 spiro atoms. The van der Waals surface area contributed by atoms with Gasteiger partial charge in [-0.2, -0.15) is 0 Å². The van der Waals surface area contributed by atoms with Crippen LogP contribution >= 0.6 is 0 Å². The molecular formula is C36H61N13O16. The lowest BCUT2D eigenvalue weighted by molar-refractivity contribution is -0.142. The van der Waals surface area contributed by atoms with Crippen LogP contribution in [0.2, 0.25) is 0 Å². The molecule has 0 aliphatic heterocycles. The second-order valence-electron chi connectivity index (χ2n) is 14.8. The average Bonchev–Trinajstić information content (AvgIpc) is 3.20. The molecule has 0 heterocycles. The number of aliphatic imine (C=N–C) groups is 1. The van der Waals surface area contributed by atoms with Crippen LogP contribution < -0.4 is 65.1 Å². The first-order chi connectivity index (χ1) is 30.2. The molecule has 9 amide bonds. The first-order valence-corrected chi connectivity index (χ1v) is 19.9. The van der Waals surface area contributed by atoms with E-state index in [1.54, 1.807) is 13.8 Å². The number of amides is 9. The summed E-state index contributed by atoms with van der Waals surface area (Å²) in [6.07, 6.45) is -3.39. The minimum Gasteiger partial charge on any atom is -0.481 e. The molecule has 19 N–H and O–H groups in total. The van der Waals surface area contributed by atoms with Gasteiger partial charge in [0, 0.05) is 13.0 Å². The van der Waals surface area contributed by atoms with Crippen molar-refractivity contribution in [2.24, 2.45) is 28.1 Å². The highest BCUT2D eigenvalue weighted by molar-refractivity contribution is 5.97. The van der Waals surface area contributed by atoms with Crippen molar-refractivity contribution in [2.45, 2.75) is 115 Å². The van der Waals surface area contributed by atoms with Crippen LogP contribution in [0.5, 0.6) is 0 Å². The van der Waals surface area contributed by atoms with Crippen molar-refractivity contribution in [3.63, 3.8) is 0 Å². The number of hydrogen-bond donors (Lipinski definition) is 16. The number of nitrogens with two attached hydrogens (primary N) is 3. The topological polar surface area (TPSA) is 484 Å². The number of carboxylic acids is 3. The van der Waals surface area contributed by atoms with Gasteiger partial charge in [0.1, 0.15) is 36.3 Å². The lowest BCUT2D eigenvalue weighted by Crippen LogP contribution is -2.60. The second kappa shape index (κ2) is 29.2. The molecule has 0 rings (SSSR count). The highest BCUT2D eigenvalue weighted by Crippen LogP contribution is 2.06. The largest absolute Gasteiger partial charge is 0.481 e. The molecular weight excluding hydrogens is 870 g/mol. The lowest BCUT2D eigenvalue weighted by atomic mass is 10.0. The zero-order valence-corrected chi connectivity index (χ0v) is 36.4. The van der Waals surface area contributed by atoms with Gasteiger partial charge >= 0.3 is 17.9 Å². The Balaban J connectivity index is 5.09. The van der Waals surface area contributed by atoms with Crippen molar-refractivity contribution in [3.05, 3.63) is 0 Å². The highest BCUT2D eigenvalue weighted by Gasteiger charge is 2.33. The fraction of sp³-hybridized carbons (Fsp3) is 0.639. The van der Waals surface area contributed by atoms with Gasteiger partial charge in [-0.15, -0.1) is 0 Å². The van der Waals surface area contributed by atoms with Gasteiger partial charge in [-0.05, 0) is 46.0 Å². The molecule has 0 aliphatic carbocycles. The van der Waals surface area contributed by atoms with Crippen LogP contribution in [0, 0.1) is 5.92 Å². The van der Waals surface area contributed by atoms with E-state index in [4.69, 9.17) is 27.4 Å². The van der Waals surface area contributed by atoms with Crippen molar-refractivity contribution in [1.82, 2.24) is 47.9 Å². The number of carboxylic acid groups (broad SMARTS) is 3. The molecule has 29 nitrogen and oxygen atoms in total. The van der Waals surface area contributed by atoms with Crippen molar-refractivity contribution >= 4 is 77.0 Å². The minimum atomic E-state index is -1.77. The fourth-order valence-corrected chi connectivity index (χ4v) is 5.11. The van der Waals surface area contributed by atoms with Gasteiger partial charge < -0.3 is 85.5 Å². The van der Waals surface area contributed by atoms with E-state index in [-0.39, 0.29) is 25.3 Å². The first-order valence-electron chi connectivity index (χ1n) is 19.9. The van der Waals surface area contributed by atoms with Crippen LogP contribution in [0.1, 0.15) is 66.7 Å². The normalized spacial score (nSPS) is 14.4. The Bertz CT molecular complexity index is 1770. The number of nitrogens with one attached hydrogen (secondary N) is 9. The summed E-state index contributed by atoms with van der Waals surface area (Å²) in [5.41, 5.74) is 16.0. The number of hydrogen-bond acceptors (Lipinski definition) is 15. The van der Waals surface area contributed by atoms with E-state index in [1.165, 1.54) is 13.8 Å². The van der Waals surface area contributed by atoms with Gasteiger partial charge in [-0.1, -0.05) is 13.8 Å². The van der Waals surface area contributed by atoms with Crippen molar-refractivity contribution in [1.29, 1.82) is 0 Å². The number of carbonyl (C=O) groups is 12. The molecule has 0 aromatic rings. The summed E-state index contributed by atoms with van der Waals surface area (Å²) in [4.78, 5) is 151. The maximum atomic E-state index is 13.1. The minimum absolute atomic E-state index is 0.0108. The summed E-state index contributed by atoms with van der Waals surface area (Å²) in [5.74, 6) is -13.3. The molecule has 0 aromatic carbocycles. The van der Waals surface area contributed by atoms with Gasteiger partial charge in [0.2, 0.25) is 53.2 Å². The van der Waals surface area contributed by atoms with E-state index in [0.717, 1.165) is 6.92 Å². The third-order valence-corrected chi connectivity index (χ3v) is 8.72. The van der Waals surface area contributed by atoms with Gasteiger partial charge in [0.05, 0.1) is 38.2 Å². The Morgan fingerprint density at radius 2 is 1.05 bits per heavy atom. The van der Waals surface area contributed by atoms with Gasteiger partial charge in [-0.25, -0.2) is 4.79 Å². The van der Waals surface area contributed by atoms with E-state index in [9.17, 15) is 67.7 Å². The van der Waals surface area contributed by atoms with E-state index in [0.29, 0.717) is 0 Å². The summed E-state index contributed by atoms with van der Waals surface area (Å²) < 4.78 is 0. The molecule has 0 radical (unpaired) electrons. The predicted octanol–water partition coefficient (Wildman–Crippen LogP) is -7.87. The zero-order valence-electron chi connectivity index (χ0n) is 36.4. The molecule has 0 fully saturated rings. The number of aliphatic carboxylic acids is 3. The van der Waals surface area contributed by atoms with E-state index < -0.39 is 164 Å². The third kappa shape index (κ3) is 24.3. The number of rotatable bonds is 30. The van der Waals surface area contributed by atoms with Crippen LogP contribution in [0.15, 0.2) is 4.99 Å². The maximum absolute atomic E-state index is 13.1.